The molecule has 0 aromatic heterocycles. The molecule has 0 saturated heterocycles. The van der Waals surface area contributed by atoms with Gasteiger partial charge in [-0.25, -0.2) is 0 Å². The average molecular weight is 294 g/mol. The van der Waals surface area contributed by atoms with Crippen molar-refractivity contribution < 1.29 is 9.47 Å². The third-order valence-corrected chi connectivity index (χ3v) is 4.03. The molecule has 0 aliphatic carbocycles. The van der Waals surface area contributed by atoms with Gasteiger partial charge in [0.1, 0.15) is 13.2 Å². The highest BCUT2D eigenvalue weighted by molar-refractivity contribution is 7.99. The molecule has 1 aliphatic heterocycles. The van der Waals surface area contributed by atoms with E-state index in [0.717, 1.165) is 21.3 Å². The van der Waals surface area contributed by atoms with E-state index >= 15 is 0 Å². The third-order valence-electron chi connectivity index (χ3n) is 2.71. The van der Waals surface area contributed by atoms with E-state index in [1.807, 2.05) is 30.3 Å². The van der Waals surface area contributed by atoms with Crippen molar-refractivity contribution in [3.05, 3.63) is 41.4 Å². The maximum atomic E-state index is 5.95. The van der Waals surface area contributed by atoms with Gasteiger partial charge >= 0.3 is 0 Å². The Bertz CT molecular complexity index is 618. The molecule has 3 nitrogen and oxygen atoms in total. The zero-order valence-corrected chi connectivity index (χ0v) is 11.6. The Morgan fingerprint density at radius 2 is 1.79 bits per heavy atom. The predicted octanol–water partition coefficient (Wildman–Crippen LogP) is 3.84. The highest BCUT2D eigenvalue weighted by atomic mass is 35.5. The number of halogens is 1. The molecule has 19 heavy (non-hydrogen) atoms. The van der Waals surface area contributed by atoms with Crippen molar-refractivity contribution in [2.45, 2.75) is 9.79 Å². The minimum absolute atomic E-state index is 0.588. The molecule has 0 bridgehead atoms. The van der Waals surface area contributed by atoms with Crippen LogP contribution in [-0.4, -0.2) is 13.2 Å². The Kier molecular flexibility index (Phi) is 3.44. The molecule has 2 aromatic rings. The maximum Gasteiger partial charge on any atom is 0.162 e. The van der Waals surface area contributed by atoms with Gasteiger partial charge in [-0.15, -0.1) is 0 Å². The maximum absolute atomic E-state index is 5.95. The van der Waals surface area contributed by atoms with Crippen LogP contribution in [0.2, 0.25) is 5.02 Å². The van der Waals surface area contributed by atoms with Crippen LogP contribution in [-0.2, 0) is 0 Å². The zero-order valence-electron chi connectivity index (χ0n) is 10.1. The normalized spacial score (nSPS) is 13.3. The SMILES string of the molecule is Nc1cc(Cl)ccc1Sc1ccc2c(c1)OCCO2. The Balaban J connectivity index is 1.87. The first-order valence-electron chi connectivity index (χ1n) is 5.85. The van der Waals surface area contributed by atoms with Crippen molar-refractivity contribution >= 4 is 29.1 Å². The zero-order chi connectivity index (χ0) is 13.2. The number of hydrogen-bond acceptors (Lipinski definition) is 4. The van der Waals surface area contributed by atoms with E-state index in [1.165, 1.54) is 0 Å². The first-order chi connectivity index (χ1) is 9.22. The van der Waals surface area contributed by atoms with Gasteiger partial charge in [0, 0.05) is 20.5 Å². The summed E-state index contributed by atoms with van der Waals surface area (Å²) in [7, 11) is 0. The van der Waals surface area contributed by atoms with Crippen molar-refractivity contribution in [3.63, 3.8) is 0 Å². The van der Waals surface area contributed by atoms with Crippen LogP contribution in [0, 0.1) is 0 Å². The predicted molar refractivity (Wildman–Crippen MR) is 77.4 cm³/mol. The smallest absolute Gasteiger partial charge is 0.162 e. The molecule has 98 valence electrons. The fourth-order valence-corrected chi connectivity index (χ4v) is 2.88. The largest absolute Gasteiger partial charge is 0.486 e. The van der Waals surface area contributed by atoms with E-state index in [1.54, 1.807) is 17.8 Å². The number of hydrogen-bond donors (Lipinski definition) is 1. The summed E-state index contributed by atoms with van der Waals surface area (Å²) in [6.07, 6.45) is 0. The molecule has 2 N–H and O–H groups in total. The van der Waals surface area contributed by atoms with Crippen LogP contribution >= 0.6 is 23.4 Å². The van der Waals surface area contributed by atoms with Crippen molar-refractivity contribution in [2.24, 2.45) is 0 Å². The molecule has 0 radical (unpaired) electrons. The van der Waals surface area contributed by atoms with Gasteiger partial charge in [-0.2, -0.15) is 0 Å². The fourth-order valence-electron chi connectivity index (χ4n) is 1.83. The van der Waals surface area contributed by atoms with Gasteiger partial charge in [-0.05, 0) is 36.4 Å². The van der Waals surface area contributed by atoms with Gasteiger partial charge in [0.15, 0.2) is 11.5 Å². The third kappa shape index (κ3) is 2.74. The van der Waals surface area contributed by atoms with Gasteiger partial charge in [-0.3, -0.25) is 0 Å². The van der Waals surface area contributed by atoms with Gasteiger partial charge in [-0.1, -0.05) is 23.4 Å². The quantitative estimate of drug-likeness (QED) is 0.854. The van der Waals surface area contributed by atoms with Gasteiger partial charge in [0.2, 0.25) is 0 Å². The second-order valence-corrected chi connectivity index (χ2v) is 5.64. The molecule has 0 spiro atoms. The lowest BCUT2D eigenvalue weighted by Gasteiger charge is -2.18. The molecule has 0 fully saturated rings. The number of ether oxygens (including phenoxy) is 2. The summed E-state index contributed by atoms with van der Waals surface area (Å²) in [4.78, 5) is 2.03. The summed E-state index contributed by atoms with van der Waals surface area (Å²) < 4.78 is 11.1. The molecule has 0 saturated carbocycles. The molecule has 1 aliphatic rings. The molecule has 3 rings (SSSR count). The summed E-state index contributed by atoms with van der Waals surface area (Å²) >= 11 is 7.47. The van der Waals surface area contributed by atoms with E-state index in [9.17, 15) is 0 Å². The van der Waals surface area contributed by atoms with Crippen molar-refractivity contribution in [1.82, 2.24) is 0 Å². The summed E-state index contributed by atoms with van der Waals surface area (Å²) in [5.41, 5.74) is 6.62. The van der Waals surface area contributed by atoms with Gasteiger partial charge < -0.3 is 15.2 Å². The first-order valence-corrected chi connectivity index (χ1v) is 7.04. The van der Waals surface area contributed by atoms with Crippen LogP contribution in [0.4, 0.5) is 5.69 Å². The lowest BCUT2D eigenvalue weighted by atomic mass is 10.3. The van der Waals surface area contributed by atoms with E-state index in [2.05, 4.69) is 0 Å². The van der Waals surface area contributed by atoms with E-state index in [4.69, 9.17) is 26.8 Å². The van der Waals surface area contributed by atoms with Crippen LogP contribution in [0.15, 0.2) is 46.2 Å². The Morgan fingerprint density at radius 3 is 2.58 bits per heavy atom. The summed E-state index contributed by atoms with van der Waals surface area (Å²) in [5, 5.41) is 0.643. The monoisotopic (exact) mass is 293 g/mol. The Morgan fingerprint density at radius 1 is 1.00 bits per heavy atom. The Labute approximate surface area is 120 Å². The molecule has 0 amide bonds. The lowest BCUT2D eigenvalue weighted by Crippen LogP contribution is -2.15. The van der Waals surface area contributed by atoms with E-state index in [-0.39, 0.29) is 0 Å². The molecular formula is C14H12ClNO2S. The Hall–Kier alpha value is -1.52. The number of fused-ring (bicyclic) bond motifs is 1. The van der Waals surface area contributed by atoms with Gasteiger partial charge in [0.05, 0.1) is 0 Å². The minimum atomic E-state index is 0.588. The standard InChI is InChI=1S/C14H12ClNO2S/c15-9-1-4-14(11(16)7-9)19-10-2-3-12-13(8-10)18-6-5-17-12/h1-4,7-8H,5-6,16H2. The minimum Gasteiger partial charge on any atom is -0.486 e. The highest BCUT2D eigenvalue weighted by Crippen LogP contribution is 2.38. The molecule has 5 heteroatoms. The van der Waals surface area contributed by atoms with Crippen molar-refractivity contribution in [1.29, 1.82) is 0 Å². The number of nitrogen functional groups attached to an aromatic ring is 1. The molecular weight excluding hydrogens is 282 g/mol. The van der Waals surface area contributed by atoms with Gasteiger partial charge in [0.25, 0.3) is 0 Å². The molecule has 0 atom stereocenters. The topological polar surface area (TPSA) is 44.5 Å². The van der Waals surface area contributed by atoms with Crippen LogP contribution < -0.4 is 15.2 Å². The van der Waals surface area contributed by atoms with E-state index < -0.39 is 0 Å². The number of rotatable bonds is 2. The first kappa shape index (κ1) is 12.5. The lowest BCUT2D eigenvalue weighted by molar-refractivity contribution is 0.171. The average Bonchev–Trinajstić information content (AvgIpc) is 2.42. The van der Waals surface area contributed by atoms with E-state index in [0.29, 0.717) is 23.9 Å². The summed E-state index contributed by atoms with van der Waals surface area (Å²) in [6, 6.07) is 11.4. The molecule has 0 unspecified atom stereocenters. The molecule has 2 aromatic carbocycles. The van der Waals surface area contributed by atoms with Crippen LogP contribution in [0.25, 0.3) is 0 Å². The van der Waals surface area contributed by atoms with Crippen LogP contribution in [0.1, 0.15) is 0 Å². The fraction of sp³-hybridized carbons (Fsp3) is 0.143. The number of nitrogens with two attached hydrogens (primary N) is 1. The highest BCUT2D eigenvalue weighted by Gasteiger charge is 2.12. The second kappa shape index (κ2) is 5.23. The summed E-state index contributed by atoms with van der Waals surface area (Å²) in [5.74, 6) is 1.57. The van der Waals surface area contributed by atoms with Crippen molar-refractivity contribution in [3.8, 4) is 11.5 Å². The second-order valence-electron chi connectivity index (χ2n) is 4.09. The number of anilines is 1. The number of benzene rings is 2. The van der Waals surface area contributed by atoms with Crippen LogP contribution in [0.3, 0.4) is 0 Å². The van der Waals surface area contributed by atoms with Crippen LogP contribution in [0.5, 0.6) is 11.5 Å². The summed E-state index contributed by atoms with van der Waals surface area (Å²) in [6.45, 7) is 1.19. The van der Waals surface area contributed by atoms with Crippen molar-refractivity contribution in [2.75, 3.05) is 18.9 Å². The molecule has 1 heterocycles.